The summed E-state index contributed by atoms with van der Waals surface area (Å²) < 4.78 is 32.2. The average Bonchev–Trinajstić information content (AvgIpc) is 0.787. The van der Waals surface area contributed by atoms with Gasteiger partial charge in [0.15, 0.2) is 5.75 Å². The number of hydrogen-bond donors (Lipinski definition) is 4. The molecule has 0 atom stereocenters. The summed E-state index contributed by atoms with van der Waals surface area (Å²) in [7, 11) is 0. The lowest BCUT2D eigenvalue weighted by Crippen LogP contribution is -2.15. The number of benzene rings is 7. The van der Waals surface area contributed by atoms with Crippen LogP contribution in [0.4, 0.5) is 14.4 Å². The summed E-state index contributed by atoms with van der Waals surface area (Å²) in [4.78, 5) is 83.7. The lowest BCUT2D eigenvalue weighted by atomic mass is 9.83. The Bertz CT molecular complexity index is 4070. The molecule has 0 heterocycles. The van der Waals surface area contributed by atoms with Crippen molar-refractivity contribution in [1.29, 1.82) is 0 Å². The van der Waals surface area contributed by atoms with Gasteiger partial charge in [-0.2, -0.15) is 0 Å². The second-order valence-electron chi connectivity index (χ2n) is 28.9. The molecule has 0 amide bonds. The van der Waals surface area contributed by atoms with Crippen LogP contribution < -0.4 is 14.2 Å². The van der Waals surface area contributed by atoms with Gasteiger partial charge in [0.25, 0.3) is 0 Å². The molecule has 0 aliphatic carbocycles. The maximum Gasteiger partial charge on any atom is 0.513 e. The topological polar surface area (TPSA) is 256 Å². The standard InChI is InChI=1S/C27H36O5.C26H34O5.C23H27ClO5.C10H12O2/c1-7-9-11-19-12-13-22(25(28)29)23(24(19)32-26(30)31-14-10-8-2)20-15-18(3)16-21(17-20)27(4,5)6;1-7-9-13-30-25(29)31-23-18(10-8-2)11-12-21(24(27)28)22(23)19-14-17(3)15-20(16-19)26(4,5)6;1-6-7-10-28-22(27)29-20-18(24)9-8-17(21(25)26)19(20)15-11-14(2)12-16(13-15)23(3,4)5;1-2-3-8-4-6-9(7-5-8)10(11)12/h12-13,15-17H,7-11,14H2,1-6H3,(H,28,29);11-12,14-16H,7-10,13H2,1-6H3,(H,27,28);8-9,11-13H,6-7,10H2,1-5H3,(H,25,26);4-7H,2-3H2,1H3,(H,11,12). The van der Waals surface area contributed by atoms with Crippen molar-refractivity contribution >= 4 is 53.9 Å². The third kappa shape index (κ3) is 26.7. The summed E-state index contributed by atoms with van der Waals surface area (Å²) >= 11 is 6.31. The molecular weight excluding hydrogens is 1340 g/mol. The first-order chi connectivity index (χ1) is 48.9. The van der Waals surface area contributed by atoms with Crippen LogP contribution in [0.3, 0.4) is 0 Å². The van der Waals surface area contributed by atoms with Crippen molar-refractivity contribution in [2.24, 2.45) is 0 Å². The van der Waals surface area contributed by atoms with Gasteiger partial charge in [-0.15, -0.1) is 0 Å². The average molecular weight is 1450 g/mol. The minimum Gasteiger partial charge on any atom is -0.478 e. The van der Waals surface area contributed by atoms with E-state index < -0.39 is 42.3 Å². The SMILES string of the molecule is CCCCOC(=O)Oc1c(CCC)ccc(C(=O)O)c1-c1cc(C)cc(C(C)(C)C)c1.CCCCOC(=O)Oc1c(CCCC)ccc(C(=O)O)c1-c1cc(C)cc(C(C)(C)C)c1.CCCCOC(=O)Oc1c(Cl)ccc(C(=O)O)c1-c1cc(C)cc(C(C)(C)C)c1.CCCc1ccc(C(=O)O)cc1. The van der Waals surface area contributed by atoms with Gasteiger partial charge in [0.2, 0.25) is 0 Å². The van der Waals surface area contributed by atoms with Gasteiger partial charge in [0.1, 0.15) is 11.5 Å². The molecule has 0 saturated heterocycles. The van der Waals surface area contributed by atoms with Gasteiger partial charge in [-0.25, -0.2) is 33.6 Å². The quantitative estimate of drug-likeness (QED) is 0.0170. The Morgan fingerprint density at radius 1 is 0.356 bits per heavy atom. The highest BCUT2D eigenvalue weighted by molar-refractivity contribution is 6.33. The van der Waals surface area contributed by atoms with Crippen LogP contribution in [-0.4, -0.2) is 82.6 Å². The second kappa shape index (κ2) is 41.1. The number of carboxylic acids is 4. The largest absolute Gasteiger partial charge is 0.513 e. The van der Waals surface area contributed by atoms with Gasteiger partial charge in [0.05, 0.1) is 47.1 Å². The fourth-order valence-electron chi connectivity index (χ4n) is 11.0. The van der Waals surface area contributed by atoms with E-state index in [1.54, 1.807) is 36.4 Å². The van der Waals surface area contributed by atoms with Gasteiger partial charge >= 0.3 is 42.3 Å². The summed E-state index contributed by atoms with van der Waals surface area (Å²) in [6, 6.07) is 34.4. The molecular formula is C86H109ClO17. The van der Waals surface area contributed by atoms with E-state index in [0.717, 1.165) is 120 Å². The van der Waals surface area contributed by atoms with Crippen molar-refractivity contribution in [3.8, 4) is 50.6 Å². The molecule has 18 heteroatoms. The molecule has 0 spiro atoms. The number of ether oxygens (including phenoxy) is 6. The van der Waals surface area contributed by atoms with Crippen LogP contribution in [0.1, 0.15) is 260 Å². The van der Waals surface area contributed by atoms with E-state index in [1.807, 2.05) is 103 Å². The van der Waals surface area contributed by atoms with Crippen molar-refractivity contribution in [2.45, 2.75) is 224 Å². The highest BCUT2D eigenvalue weighted by Gasteiger charge is 2.29. The summed E-state index contributed by atoms with van der Waals surface area (Å²) in [6.07, 6.45) is 8.46. The molecule has 17 nitrogen and oxygen atoms in total. The van der Waals surface area contributed by atoms with Crippen molar-refractivity contribution in [1.82, 2.24) is 0 Å². The first-order valence-electron chi connectivity index (χ1n) is 36.0. The predicted octanol–water partition coefficient (Wildman–Crippen LogP) is 23.2. The molecule has 0 aliphatic heterocycles. The van der Waals surface area contributed by atoms with Crippen molar-refractivity contribution < 1.29 is 82.4 Å². The van der Waals surface area contributed by atoms with E-state index in [9.17, 15) is 48.9 Å². The van der Waals surface area contributed by atoms with Crippen LogP contribution in [0.5, 0.6) is 17.2 Å². The Kier molecular flexibility index (Phi) is 34.4. The lowest BCUT2D eigenvalue weighted by Gasteiger charge is -2.23. The smallest absolute Gasteiger partial charge is 0.478 e. The van der Waals surface area contributed by atoms with E-state index >= 15 is 0 Å². The van der Waals surface area contributed by atoms with Gasteiger partial charge in [-0.3, -0.25) is 0 Å². The first kappa shape index (κ1) is 86.9. The molecule has 7 aromatic rings. The molecule has 0 radical (unpaired) electrons. The predicted molar refractivity (Wildman–Crippen MR) is 412 cm³/mol. The summed E-state index contributed by atoms with van der Waals surface area (Å²) in [5.41, 5.74) is 12.3. The highest BCUT2D eigenvalue weighted by atomic mass is 35.5. The Hall–Kier alpha value is -9.48. The van der Waals surface area contributed by atoms with Crippen LogP contribution >= 0.6 is 11.6 Å². The highest BCUT2D eigenvalue weighted by Crippen LogP contribution is 2.44. The first-order valence-corrected chi connectivity index (χ1v) is 36.4. The Morgan fingerprint density at radius 2 is 0.673 bits per heavy atom. The normalized spacial score (nSPS) is 11.1. The third-order valence-corrected chi connectivity index (χ3v) is 17.0. The molecule has 0 aliphatic rings. The van der Waals surface area contributed by atoms with E-state index in [0.29, 0.717) is 41.5 Å². The number of halogens is 1. The van der Waals surface area contributed by atoms with Gasteiger partial charge < -0.3 is 48.8 Å². The van der Waals surface area contributed by atoms with Gasteiger partial charge in [-0.05, 0) is 168 Å². The van der Waals surface area contributed by atoms with E-state index in [1.165, 1.54) is 17.7 Å². The van der Waals surface area contributed by atoms with E-state index in [-0.39, 0.29) is 80.6 Å². The number of rotatable bonds is 26. The fourth-order valence-corrected chi connectivity index (χ4v) is 11.2. The molecule has 0 saturated carbocycles. The number of carbonyl (C=O) groups is 7. The molecule has 7 rings (SSSR count). The molecule has 0 fully saturated rings. The van der Waals surface area contributed by atoms with Crippen LogP contribution in [0.15, 0.2) is 115 Å². The van der Waals surface area contributed by atoms with Crippen molar-refractivity contribution in [3.63, 3.8) is 0 Å². The van der Waals surface area contributed by atoms with Crippen LogP contribution in [-0.2, 0) is 49.7 Å². The van der Waals surface area contributed by atoms with Crippen molar-refractivity contribution in [3.05, 3.63) is 193 Å². The maximum atomic E-state index is 12.5. The zero-order valence-electron chi connectivity index (χ0n) is 64.3. The minimum absolute atomic E-state index is 0.00350. The Morgan fingerprint density at radius 3 is 0.981 bits per heavy atom. The Labute approximate surface area is 620 Å². The van der Waals surface area contributed by atoms with Crippen LogP contribution in [0.25, 0.3) is 33.4 Å². The van der Waals surface area contributed by atoms with Crippen LogP contribution in [0, 0.1) is 20.8 Å². The zero-order chi connectivity index (χ0) is 77.8. The number of aromatic carboxylic acids is 4. The van der Waals surface area contributed by atoms with Crippen molar-refractivity contribution in [2.75, 3.05) is 19.8 Å². The minimum atomic E-state index is -1.14. The Balaban J connectivity index is 0.000000305. The summed E-state index contributed by atoms with van der Waals surface area (Å²) in [5, 5.41) is 38.3. The van der Waals surface area contributed by atoms with Gasteiger partial charge in [-0.1, -0.05) is 250 Å². The third-order valence-electron chi connectivity index (χ3n) is 16.7. The molecule has 104 heavy (non-hydrogen) atoms. The summed E-state index contributed by atoms with van der Waals surface area (Å²) in [6.45, 7) is 37.8. The molecule has 7 aromatic carbocycles. The molecule has 0 unspecified atom stereocenters. The number of aryl methyl sites for hydroxylation is 6. The number of carboxylic acid groups (broad SMARTS) is 4. The summed E-state index contributed by atoms with van der Waals surface area (Å²) in [5.74, 6) is -3.60. The molecule has 4 N–H and O–H groups in total. The fraction of sp³-hybridized carbons (Fsp3) is 0.430. The van der Waals surface area contributed by atoms with Gasteiger partial charge in [0, 0.05) is 16.7 Å². The van der Waals surface area contributed by atoms with E-state index in [2.05, 4.69) is 88.3 Å². The molecule has 562 valence electrons. The monoisotopic (exact) mass is 1450 g/mol. The number of carbonyl (C=O) groups excluding carboxylic acids is 3. The maximum absolute atomic E-state index is 12.5. The number of hydrogen-bond acceptors (Lipinski definition) is 13. The molecule has 0 bridgehead atoms. The second-order valence-corrected chi connectivity index (χ2v) is 29.4. The van der Waals surface area contributed by atoms with E-state index in [4.69, 9.17) is 45.1 Å². The van der Waals surface area contributed by atoms with Crippen LogP contribution in [0.2, 0.25) is 5.02 Å². The lowest BCUT2D eigenvalue weighted by molar-refractivity contribution is 0.0686. The zero-order valence-corrected chi connectivity index (χ0v) is 65.0. The number of unbranched alkanes of at least 4 members (excludes halogenated alkanes) is 4. The molecule has 0 aromatic heterocycles.